The van der Waals surface area contributed by atoms with Gasteiger partial charge in [0.1, 0.15) is 5.82 Å². The Kier molecular flexibility index (Phi) is 3.75. The minimum atomic E-state index is -0.169. The van der Waals surface area contributed by atoms with E-state index in [0.717, 1.165) is 12.4 Å². The van der Waals surface area contributed by atoms with Crippen molar-refractivity contribution in [2.75, 3.05) is 13.7 Å². The molecule has 1 amide bonds. The van der Waals surface area contributed by atoms with E-state index in [1.54, 1.807) is 19.5 Å². The van der Waals surface area contributed by atoms with Crippen molar-refractivity contribution in [2.45, 2.75) is 31.5 Å². The Morgan fingerprint density at radius 1 is 1.71 bits per heavy atom. The molecule has 6 heteroatoms. The van der Waals surface area contributed by atoms with Crippen LogP contribution in [0.4, 0.5) is 0 Å². The summed E-state index contributed by atoms with van der Waals surface area (Å²) in [5.74, 6) is 0.757. The number of nitrogens with one attached hydrogen (secondary N) is 3. The van der Waals surface area contributed by atoms with E-state index >= 15 is 0 Å². The zero-order valence-corrected chi connectivity index (χ0v) is 10.1. The topological polar surface area (TPSA) is 79.0 Å². The van der Waals surface area contributed by atoms with Gasteiger partial charge in [-0.25, -0.2) is 4.98 Å². The zero-order chi connectivity index (χ0) is 12.3. The fraction of sp³-hybridized carbons (Fsp3) is 0.636. The minimum Gasteiger partial charge on any atom is -0.380 e. The van der Waals surface area contributed by atoms with E-state index in [-0.39, 0.29) is 24.1 Å². The SMILES string of the molecule is COC1CNC(C(=O)NC(C)c2ncc[nH]2)C1. The summed E-state index contributed by atoms with van der Waals surface area (Å²) in [6.45, 7) is 2.63. The number of nitrogens with zero attached hydrogens (tertiary/aromatic N) is 1. The van der Waals surface area contributed by atoms with Crippen molar-refractivity contribution >= 4 is 5.91 Å². The highest BCUT2D eigenvalue weighted by molar-refractivity contribution is 5.82. The number of aromatic nitrogens is 2. The van der Waals surface area contributed by atoms with Gasteiger partial charge in [0.25, 0.3) is 0 Å². The maximum Gasteiger partial charge on any atom is 0.237 e. The molecule has 0 radical (unpaired) electrons. The monoisotopic (exact) mass is 238 g/mol. The van der Waals surface area contributed by atoms with Crippen LogP contribution in [0.1, 0.15) is 25.2 Å². The molecule has 1 saturated heterocycles. The lowest BCUT2D eigenvalue weighted by atomic mass is 10.2. The summed E-state index contributed by atoms with van der Waals surface area (Å²) in [4.78, 5) is 19.0. The lowest BCUT2D eigenvalue weighted by Gasteiger charge is -2.15. The average Bonchev–Trinajstić information content (AvgIpc) is 3.00. The predicted octanol–water partition coefficient (Wildman–Crippen LogP) is -0.0362. The summed E-state index contributed by atoms with van der Waals surface area (Å²) in [6, 6.07) is -0.279. The predicted molar refractivity (Wildman–Crippen MR) is 62.4 cm³/mol. The molecule has 1 aliphatic rings. The lowest BCUT2D eigenvalue weighted by Crippen LogP contribution is -2.41. The van der Waals surface area contributed by atoms with E-state index in [0.29, 0.717) is 6.42 Å². The van der Waals surface area contributed by atoms with Gasteiger partial charge in [0.15, 0.2) is 0 Å². The quantitative estimate of drug-likeness (QED) is 0.688. The van der Waals surface area contributed by atoms with Crippen molar-refractivity contribution in [1.82, 2.24) is 20.6 Å². The van der Waals surface area contributed by atoms with Crippen LogP contribution in [0.5, 0.6) is 0 Å². The fourth-order valence-electron chi connectivity index (χ4n) is 1.98. The summed E-state index contributed by atoms with van der Waals surface area (Å²) >= 11 is 0. The maximum atomic E-state index is 11.9. The van der Waals surface area contributed by atoms with E-state index in [9.17, 15) is 4.79 Å². The number of rotatable bonds is 4. The van der Waals surface area contributed by atoms with Crippen molar-refractivity contribution in [1.29, 1.82) is 0 Å². The molecule has 0 aliphatic carbocycles. The first kappa shape index (κ1) is 12.1. The van der Waals surface area contributed by atoms with E-state index < -0.39 is 0 Å². The van der Waals surface area contributed by atoms with Crippen molar-refractivity contribution in [3.05, 3.63) is 18.2 Å². The largest absolute Gasteiger partial charge is 0.380 e. The number of amides is 1. The van der Waals surface area contributed by atoms with Crippen LogP contribution in [0.25, 0.3) is 0 Å². The molecule has 1 aliphatic heterocycles. The molecule has 1 fully saturated rings. The average molecular weight is 238 g/mol. The highest BCUT2D eigenvalue weighted by Crippen LogP contribution is 2.12. The Morgan fingerprint density at radius 3 is 3.12 bits per heavy atom. The van der Waals surface area contributed by atoms with Crippen LogP contribution in [0, 0.1) is 0 Å². The van der Waals surface area contributed by atoms with Gasteiger partial charge in [0, 0.05) is 26.0 Å². The summed E-state index contributed by atoms with van der Waals surface area (Å²) < 4.78 is 5.21. The second kappa shape index (κ2) is 5.29. The smallest absolute Gasteiger partial charge is 0.237 e. The second-order valence-electron chi connectivity index (χ2n) is 4.26. The minimum absolute atomic E-state index is 0.00606. The molecule has 1 aromatic heterocycles. The summed E-state index contributed by atoms with van der Waals surface area (Å²) in [5.41, 5.74) is 0. The molecule has 17 heavy (non-hydrogen) atoms. The number of aromatic amines is 1. The molecule has 2 heterocycles. The summed E-state index contributed by atoms with van der Waals surface area (Å²) in [7, 11) is 1.66. The summed E-state index contributed by atoms with van der Waals surface area (Å²) in [5, 5.41) is 6.06. The molecule has 2 rings (SSSR count). The van der Waals surface area contributed by atoms with E-state index in [1.165, 1.54) is 0 Å². The molecule has 1 aromatic rings. The van der Waals surface area contributed by atoms with Crippen molar-refractivity contribution < 1.29 is 9.53 Å². The molecular formula is C11H18N4O2. The third-order valence-corrected chi connectivity index (χ3v) is 3.03. The number of hydrogen-bond donors (Lipinski definition) is 3. The molecule has 3 N–H and O–H groups in total. The van der Waals surface area contributed by atoms with Crippen LogP contribution in [-0.4, -0.2) is 41.7 Å². The van der Waals surface area contributed by atoms with Crippen LogP contribution in [0.2, 0.25) is 0 Å². The Morgan fingerprint density at radius 2 is 2.53 bits per heavy atom. The maximum absolute atomic E-state index is 11.9. The highest BCUT2D eigenvalue weighted by atomic mass is 16.5. The Labute approximate surface area is 100 Å². The standard InChI is InChI=1S/C11H18N4O2/c1-7(10-12-3-4-13-10)15-11(16)9-5-8(17-2)6-14-9/h3-4,7-9,14H,5-6H2,1-2H3,(H,12,13)(H,15,16). The number of hydrogen-bond acceptors (Lipinski definition) is 4. The van der Waals surface area contributed by atoms with Gasteiger partial charge in [0.05, 0.1) is 18.2 Å². The van der Waals surface area contributed by atoms with Crippen LogP contribution in [0.15, 0.2) is 12.4 Å². The van der Waals surface area contributed by atoms with Crippen LogP contribution in [-0.2, 0) is 9.53 Å². The number of H-pyrrole nitrogens is 1. The van der Waals surface area contributed by atoms with Crippen molar-refractivity contribution in [3.8, 4) is 0 Å². The second-order valence-corrected chi connectivity index (χ2v) is 4.26. The van der Waals surface area contributed by atoms with Gasteiger partial charge in [-0.2, -0.15) is 0 Å². The van der Waals surface area contributed by atoms with Crippen molar-refractivity contribution in [3.63, 3.8) is 0 Å². The number of imidazole rings is 1. The van der Waals surface area contributed by atoms with Gasteiger partial charge < -0.3 is 20.4 Å². The molecule has 94 valence electrons. The van der Waals surface area contributed by atoms with E-state index in [4.69, 9.17) is 4.74 Å². The molecule has 6 nitrogen and oxygen atoms in total. The van der Waals surface area contributed by atoms with Crippen molar-refractivity contribution in [2.24, 2.45) is 0 Å². The molecular weight excluding hydrogens is 220 g/mol. The Bertz CT molecular complexity index is 366. The van der Waals surface area contributed by atoms with Gasteiger partial charge in [-0.3, -0.25) is 4.79 Å². The van der Waals surface area contributed by atoms with Crippen LogP contribution in [0.3, 0.4) is 0 Å². The molecule has 0 aromatic carbocycles. The van der Waals surface area contributed by atoms with Gasteiger partial charge in [-0.1, -0.05) is 0 Å². The number of carbonyl (C=O) groups is 1. The molecule has 3 unspecified atom stereocenters. The third-order valence-electron chi connectivity index (χ3n) is 3.03. The fourth-order valence-corrected chi connectivity index (χ4v) is 1.98. The first-order chi connectivity index (χ1) is 8.20. The highest BCUT2D eigenvalue weighted by Gasteiger charge is 2.30. The van der Waals surface area contributed by atoms with Gasteiger partial charge in [-0.05, 0) is 13.3 Å². The summed E-state index contributed by atoms with van der Waals surface area (Å²) in [6.07, 6.45) is 4.26. The third kappa shape index (κ3) is 2.83. The Balaban J connectivity index is 1.85. The molecule has 3 atom stereocenters. The molecule has 0 spiro atoms. The number of carbonyl (C=O) groups excluding carboxylic acids is 1. The van der Waals surface area contributed by atoms with Crippen LogP contribution < -0.4 is 10.6 Å². The van der Waals surface area contributed by atoms with Gasteiger partial charge in [-0.15, -0.1) is 0 Å². The zero-order valence-electron chi connectivity index (χ0n) is 10.1. The Hall–Kier alpha value is -1.40. The van der Waals surface area contributed by atoms with Gasteiger partial charge >= 0.3 is 0 Å². The normalized spacial score (nSPS) is 25.8. The van der Waals surface area contributed by atoms with Crippen LogP contribution >= 0.6 is 0 Å². The number of methoxy groups -OCH3 is 1. The molecule has 0 bridgehead atoms. The number of ether oxygens (including phenoxy) is 1. The molecule has 0 saturated carbocycles. The first-order valence-electron chi connectivity index (χ1n) is 5.76. The first-order valence-corrected chi connectivity index (χ1v) is 5.76. The van der Waals surface area contributed by atoms with E-state index in [2.05, 4.69) is 20.6 Å². The lowest BCUT2D eigenvalue weighted by molar-refractivity contribution is -0.123. The van der Waals surface area contributed by atoms with E-state index in [1.807, 2.05) is 6.92 Å². The van der Waals surface area contributed by atoms with Gasteiger partial charge in [0.2, 0.25) is 5.91 Å².